The van der Waals surface area contributed by atoms with Crippen molar-refractivity contribution in [2.24, 2.45) is 4.99 Å². The molecule has 0 unspecified atom stereocenters. The van der Waals surface area contributed by atoms with E-state index in [1.165, 1.54) is 7.11 Å². The quantitative estimate of drug-likeness (QED) is 0.432. The van der Waals surface area contributed by atoms with E-state index in [-0.39, 0.29) is 11.6 Å². The van der Waals surface area contributed by atoms with E-state index in [1.807, 2.05) is 32.9 Å². The molecule has 24 heavy (non-hydrogen) atoms. The molecule has 2 N–H and O–H groups in total. The van der Waals surface area contributed by atoms with Gasteiger partial charge in [-0.2, -0.15) is 0 Å². The summed E-state index contributed by atoms with van der Waals surface area (Å²) in [5, 5.41) is 6.53. The van der Waals surface area contributed by atoms with Crippen molar-refractivity contribution in [1.82, 2.24) is 10.6 Å². The van der Waals surface area contributed by atoms with Gasteiger partial charge in [0.05, 0.1) is 24.8 Å². The average molecular weight is 335 g/mol. The number of hydrogen-bond acceptors (Lipinski definition) is 4. The van der Waals surface area contributed by atoms with Crippen LogP contribution in [-0.2, 0) is 15.9 Å². The maximum atomic E-state index is 11.4. The van der Waals surface area contributed by atoms with Gasteiger partial charge in [-0.3, -0.25) is 4.99 Å². The number of carbonyl (C=O) groups excluding carboxylic acids is 1. The second-order valence-corrected chi connectivity index (χ2v) is 6.02. The van der Waals surface area contributed by atoms with Crippen molar-refractivity contribution in [2.45, 2.75) is 32.8 Å². The molecule has 0 spiro atoms. The summed E-state index contributed by atoms with van der Waals surface area (Å²) in [6, 6.07) is 7.43. The van der Waals surface area contributed by atoms with Crippen molar-refractivity contribution in [2.75, 3.05) is 33.9 Å². The Kier molecular flexibility index (Phi) is 8.26. The minimum absolute atomic E-state index is 0.286. The molecule has 0 aromatic heterocycles. The summed E-state index contributed by atoms with van der Waals surface area (Å²) < 4.78 is 10.1. The first-order valence-corrected chi connectivity index (χ1v) is 8.16. The Morgan fingerprint density at radius 1 is 1.17 bits per heavy atom. The molecule has 0 saturated heterocycles. The van der Waals surface area contributed by atoms with Crippen LogP contribution in [0.2, 0.25) is 0 Å². The topological polar surface area (TPSA) is 72.0 Å². The van der Waals surface area contributed by atoms with Gasteiger partial charge < -0.3 is 20.1 Å². The molecular formula is C18H29N3O3. The molecule has 0 aliphatic rings. The normalized spacial score (nSPS) is 12.0. The SMILES string of the molecule is CCNC(=NCC(C)(C)OC)NCCc1ccc(C(=O)OC)cc1. The number of guanidine groups is 1. The van der Waals surface area contributed by atoms with Gasteiger partial charge >= 0.3 is 5.97 Å². The first-order valence-electron chi connectivity index (χ1n) is 8.16. The van der Waals surface area contributed by atoms with Crippen LogP contribution < -0.4 is 10.6 Å². The maximum Gasteiger partial charge on any atom is 0.337 e. The summed E-state index contributed by atoms with van der Waals surface area (Å²) in [5.41, 5.74) is 1.42. The van der Waals surface area contributed by atoms with E-state index in [4.69, 9.17) is 9.47 Å². The molecule has 0 radical (unpaired) electrons. The van der Waals surface area contributed by atoms with Crippen molar-refractivity contribution in [1.29, 1.82) is 0 Å². The molecule has 0 aliphatic carbocycles. The molecule has 1 aromatic rings. The summed E-state index contributed by atoms with van der Waals surface area (Å²) in [4.78, 5) is 16.0. The zero-order valence-electron chi connectivity index (χ0n) is 15.3. The van der Waals surface area contributed by atoms with Gasteiger partial charge in [-0.1, -0.05) is 12.1 Å². The van der Waals surface area contributed by atoms with Crippen LogP contribution in [0, 0.1) is 0 Å². The van der Waals surface area contributed by atoms with Crippen molar-refractivity contribution >= 4 is 11.9 Å². The predicted molar refractivity (Wildman–Crippen MR) is 96.6 cm³/mol. The number of methoxy groups -OCH3 is 2. The van der Waals surface area contributed by atoms with Crippen molar-refractivity contribution < 1.29 is 14.3 Å². The molecule has 0 fully saturated rings. The summed E-state index contributed by atoms with van der Waals surface area (Å²) in [6.45, 7) is 8.16. The molecule has 0 heterocycles. The largest absolute Gasteiger partial charge is 0.465 e. The van der Waals surface area contributed by atoms with E-state index < -0.39 is 0 Å². The molecular weight excluding hydrogens is 306 g/mol. The van der Waals surface area contributed by atoms with Gasteiger partial charge in [-0.05, 0) is 44.9 Å². The highest BCUT2D eigenvalue weighted by Gasteiger charge is 2.15. The lowest BCUT2D eigenvalue weighted by Crippen LogP contribution is -2.40. The zero-order valence-corrected chi connectivity index (χ0v) is 15.3. The Morgan fingerprint density at radius 3 is 2.38 bits per heavy atom. The van der Waals surface area contributed by atoms with Gasteiger partial charge in [0, 0.05) is 20.2 Å². The third-order valence-electron chi connectivity index (χ3n) is 3.60. The Hall–Kier alpha value is -2.08. The van der Waals surface area contributed by atoms with Gasteiger partial charge in [-0.15, -0.1) is 0 Å². The number of benzene rings is 1. The first-order chi connectivity index (χ1) is 11.4. The third kappa shape index (κ3) is 7.00. The standard InChI is InChI=1S/C18H29N3O3/c1-6-19-17(21-13-18(2,3)24-5)20-12-11-14-7-9-15(10-8-14)16(22)23-4/h7-10H,6,11-13H2,1-5H3,(H2,19,20,21). The van der Waals surface area contributed by atoms with Crippen LogP contribution >= 0.6 is 0 Å². The van der Waals surface area contributed by atoms with Crippen LogP contribution in [0.15, 0.2) is 29.3 Å². The third-order valence-corrected chi connectivity index (χ3v) is 3.60. The molecule has 134 valence electrons. The summed E-state index contributed by atoms with van der Waals surface area (Å²) >= 11 is 0. The molecule has 0 aliphatic heterocycles. The summed E-state index contributed by atoms with van der Waals surface area (Å²) in [7, 11) is 3.07. The van der Waals surface area contributed by atoms with E-state index in [0.717, 1.165) is 31.0 Å². The van der Waals surface area contributed by atoms with Crippen molar-refractivity contribution in [3.05, 3.63) is 35.4 Å². The van der Waals surface area contributed by atoms with Gasteiger partial charge in [-0.25, -0.2) is 4.79 Å². The second kappa shape index (κ2) is 9.93. The fourth-order valence-electron chi connectivity index (χ4n) is 1.93. The number of carbonyl (C=O) groups is 1. The number of ether oxygens (including phenoxy) is 2. The van der Waals surface area contributed by atoms with E-state index in [9.17, 15) is 4.79 Å². The molecule has 6 heteroatoms. The van der Waals surface area contributed by atoms with Crippen molar-refractivity contribution in [3.8, 4) is 0 Å². The van der Waals surface area contributed by atoms with Gasteiger partial charge in [0.15, 0.2) is 5.96 Å². The highest BCUT2D eigenvalue weighted by Crippen LogP contribution is 2.07. The van der Waals surface area contributed by atoms with Gasteiger partial charge in [0.25, 0.3) is 0 Å². The lowest BCUT2D eigenvalue weighted by Gasteiger charge is -2.21. The monoisotopic (exact) mass is 335 g/mol. The smallest absolute Gasteiger partial charge is 0.337 e. The number of aliphatic imine (C=N–C) groups is 1. The highest BCUT2D eigenvalue weighted by molar-refractivity contribution is 5.89. The molecule has 0 atom stereocenters. The summed E-state index contributed by atoms with van der Waals surface area (Å²) in [5.74, 6) is 0.454. The second-order valence-electron chi connectivity index (χ2n) is 6.02. The minimum Gasteiger partial charge on any atom is -0.465 e. The molecule has 0 bridgehead atoms. The average Bonchev–Trinajstić information content (AvgIpc) is 2.59. The summed E-state index contributed by atoms with van der Waals surface area (Å²) in [6.07, 6.45) is 0.833. The fraction of sp³-hybridized carbons (Fsp3) is 0.556. The number of rotatable bonds is 8. The fourth-order valence-corrected chi connectivity index (χ4v) is 1.93. The molecule has 6 nitrogen and oxygen atoms in total. The maximum absolute atomic E-state index is 11.4. The van der Waals surface area contributed by atoms with Crippen molar-refractivity contribution in [3.63, 3.8) is 0 Å². The van der Waals surface area contributed by atoms with E-state index in [0.29, 0.717) is 12.1 Å². The zero-order chi connectivity index (χ0) is 18.0. The molecule has 1 aromatic carbocycles. The first kappa shape index (κ1) is 20.0. The predicted octanol–water partition coefficient (Wildman–Crippen LogP) is 2.00. The van der Waals surface area contributed by atoms with Crippen LogP contribution in [-0.4, -0.2) is 51.4 Å². The van der Waals surface area contributed by atoms with Crippen LogP contribution in [0.25, 0.3) is 0 Å². The molecule has 0 amide bonds. The van der Waals surface area contributed by atoms with Gasteiger partial charge in [0.2, 0.25) is 0 Å². The Bertz CT molecular complexity index is 539. The number of nitrogens with one attached hydrogen (secondary N) is 2. The number of nitrogens with zero attached hydrogens (tertiary/aromatic N) is 1. The minimum atomic E-state index is -0.318. The highest BCUT2D eigenvalue weighted by atomic mass is 16.5. The van der Waals surface area contributed by atoms with Crippen LogP contribution in [0.3, 0.4) is 0 Å². The Balaban J connectivity index is 2.53. The van der Waals surface area contributed by atoms with Crippen LogP contribution in [0.1, 0.15) is 36.7 Å². The number of esters is 1. The van der Waals surface area contributed by atoms with E-state index >= 15 is 0 Å². The Morgan fingerprint density at radius 2 is 1.83 bits per heavy atom. The van der Waals surface area contributed by atoms with Crippen LogP contribution in [0.5, 0.6) is 0 Å². The van der Waals surface area contributed by atoms with E-state index in [2.05, 4.69) is 15.6 Å². The lowest BCUT2D eigenvalue weighted by molar-refractivity contribution is 0.0310. The van der Waals surface area contributed by atoms with E-state index in [1.54, 1.807) is 19.2 Å². The van der Waals surface area contributed by atoms with Crippen LogP contribution in [0.4, 0.5) is 0 Å². The lowest BCUT2D eigenvalue weighted by atomic mass is 10.1. The molecule has 0 saturated carbocycles. The Labute approximate surface area is 144 Å². The van der Waals surface area contributed by atoms with Gasteiger partial charge in [0.1, 0.15) is 0 Å². The molecule has 1 rings (SSSR count). The number of hydrogen-bond donors (Lipinski definition) is 2.